The molecule has 0 amide bonds. The Morgan fingerprint density at radius 2 is 1.62 bits per heavy atom. The van der Waals surface area contributed by atoms with Crippen LogP contribution in [0.2, 0.25) is 18.1 Å². The van der Waals surface area contributed by atoms with Crippen molar-refractivity contribution in [3.05, 3.63) is 76.0 Å². The van der Waals surface area contributed by atoms with Crippen LogP contribution in [0.1, 0.15) is 116 Å². The van der Waals surface area contributed by atoms with Crippen LogP contribution in [0.15, 0.2) is 52.5 Å². The Balaban J connectivity index is 1.65. The first-order chi connectivity index (χ1) is 26.3. The van der Waals surface area contributed by atoms with Crippen LogP contribution in [-0.2, 0) is 4.43 Å². The average Bonchev–Trinajstić information content (AvgIpc) is 3.52. The van der Waals surface area contributed by atoms with Crippen LogP contribution < -0.4 is 14.2 Å². The Morgan fingerprint density at radius 1 is 0.982 bits per heavy atom. The van der Waals surface area contributed by atoms with Gasteiger partial charge in [-0.2, -0.15) is 0 Å². The third-order valence-corrected chi connectivity index (χ3v) is 16.2. The molecule has 3 aliphatic carbocycles. The van der Waals surface area contributed by atoms with Gasteiger partial charge in [-0.25, -0.2) is 0 Å². The summed E-state index contributed by atoms with van der Waals surface area (Å²) in [6.45, 7) is 14.6. The third kappa shape index (κ3) is 7.14. The number of hydrogen-bond donors (Lipinski definition) is 1. The minimum absolute atomic E-state index is 0.000997. The van der Waals surface area contributed by atoms with Crippen LogP contribution >= 0.6 is 0 Å². The number of ketones is 2. The number of benzene rings is 1. The van der Waals surface area contributed by atoms with Crippen molar-refractivity contribution in [3.63, 3.8) is 0 Å². The van der Waals surface area contributed by atoms with Crippen molar-refractivity contribution in [2.75, 3.05) is 27.3 Å². The molecule has 0 spiro atoms. The molecule has 15 heteroatoms. The van der Waals surface area contributed by atoms with Crippen molar-refractivity contribution < 1.29 is 51.0 Å². The van der Waals surface area contributed by atoms with Gasteiger partial charge in [-0.05, 0) is 79.9 Å². The zero-order chi connectivity index (χ0) is 41.0. The third-order valence-electron chi connectivity index (χ3n) is 11.8. The molecule has 0 radical (unpaired) electrons. The number of carbonyl (C=O) groups is 2. The van der Waals surface area contributed by atoms with E-state index in [0.717, 1.165) is 12.8 Å². The number of aliphatic hydroxyl groups is 1. The minimum atomic E-state index is -4.90. The molecule has 3 aliphatic rings. The standard InChI is InChI=1S/C41H52F3N3O8Si/c1-10-12-18-51-28-22-45-21-26-29(23-14-16-24(17-15-23)53-41(42,43)44)25-20-27-33(47(6)7)35-32(38(46-54-35)52-19-13-11-2)37(50)40(27,55-56(8,9)39(3,4)5)36(49)31(25)34(48)30(26)28/h14-17,21-22,25,27,29,33,49H,10-13,18-20H2,1-9H3/t25-,27+,29-,33+,40+/m1/s1. The lowest BCUT2D eigenvalue weighted by atomic mass is 9.55. The maximum absolute atomic E-state index is 15.5. The van der Waals surface area contributed by atoms with Gasteiger partial charge in [0.15, 0.2) is 25.5 Å². The van der Waals surface area contributed by atoms with Gasteiger partial charge >= 0.3 is 6.36 Å². The number of carbonyl (C=O) groups excluding carboxylic acids is 2. The molecule has 0 aliphatic heterocycles. The first kappa shape index (κ1) is 41.4. The fourth-order valence-electron chi connectivity index (χ4n) is 8.12. The highest BCUT2D eigenvalue weighted by Gasteiger charge is 2.68. The molecule has 1 N–H and O–H groups in total. The summed E-state index contributed by atoms with van der Waals surface area (Å²) in [6, 6.07) is 4.79. The van der Waals surface area contributed by atoms with Crippen LogP contribution in [0.25, 0.3) is 0 Å². The second-order valence-electron chi connectivity index (χ2n) is 16.7. The molecule has 0 saturated heterocycles. The molecule has 2 aromatic heterocycles. The molecule has 0 saturated carbocycles. The van der Waals surface area contributed by atoms with E-state index in [-0.39, 0.29) is 47.1 Å². The molecule has 11 nitrogen and oxygen atoms in total. The summed E-state index contributed by atoms with van der Waals surface area (Å²) in [6.07, 6.45) is 1.33. The van der Waals surface area contributed by atoms with E-state index in [1.165, 1.54) is 30.5 Å². The summed E-state index contributed by atoms with van der Waals surface area (Å²) >= 11 is 0. The monoisotopic (exact) mass is 799 g/mol. The lowest BCUT2D eigenvalue weighted by Gasteiger charge is -2.56. The molecular formula is C41H52F3N3O8Si. The predicted molar refractivity (Wildman–Crippen MR) is 204 cm³/mol. The number of aliphatic hydroxyl groups excluding tert-OH is 1. The van der Waals surface area contributed by atoms with Gasteiger partial charge < -0.3 is 28.3 Å². The van der Waals surface area contributed by atoms with Crippen LogP contribution in [0.3, 0.4) is 0 Å². The SMILES string of the molecule is CCCCOc1cncc2c1C(=O)C1=C(O)[C@]3(O[Si](C)(C)C(C)(C)C)C(=O)c4c(OCCCC)noc4[C@@H](N(C)C)[C@@H]3C[C@@H]1[C@H]2c1ccc(OC(F)(F)F)cc1. The average molecular weight is 800 g/mol. The highest BCUT2D eigenvalue weighted by atomic mass is 28.4. The van der Waals surface area contributed by atoms with E-state index in [9.17, 15) is 18.3 Å². The molecule has 3 aromatic rings. The summed E-state index contributed by atoms with van der Waals surface area (Å²) in [5, 5.41) is 16.9. The number of alkyl halides is 3. The van der Waals surface area contributed by atoms with Gasteiger partial charge in [-0.1, -0.05) is 59.6 Å². The molecule has 5 atom stereocenters. The molecular weight excluding hydrogens is 748 g/mol. The molecule has 6 rings (SSSR count). The van der Waals surface area contributed by atoms with E-state index in [1.54, 1.807) is 6.20 Å². The largest absolute Gasteiger partial charge is 0.573 e. The van der Waals surface area contributed by atoms with Gasteiger partial charge in [0, 0.05) is 29.5 Å². The summed E-state index contributed by atoms with van der Waals surface area (Å²) in [7, 11) is 0.692. The van der Waals surface area contributed by atoms with Crippen molar-refractivity contribution >= 4 is 19.9 Å². The van der Waals surface area contributed by atoms with Gasteiger partial charge in [0.1, 0.15) is 22.8 Å². The number of Topliss-reactive ketones (excluding diaryl/α,β-unsaturated/α-hetero) is 2. The normalized spacial score (nSPS) is 23.7. The van der Waals surface area contributed by atoms with E-state index >= 15 is 9.59 Å². The van der Waals surface area contributed by atoms with Crippen molar-refractivity contribution in [1.29, 1.82) is 0 Å². The zero-order valence-electron chi connectivity index (χ0n) is 33.5. The summed E-state index contributed by atoms with van der Waals surface area (Å²) in [5.41, 5.74) is -0.804. The Bertz CT molecular complexity index is 1990. The number of hydrogen-bond acceptors (Lipinski definition) is 11. The maximum Gasteiger partial charge on any atom is 0.573 e. The minimum Gasteiger partial charge on any atom is -0.508 e. The van der Waals surface area contributed by atoms with Gasteiger partial charge in [0.05, 0.1) is 31.0 Å². The fraction of sp³-hybridized carbons (Fsp3) is 0.561. The highest BCUT2D eigenvalue weighted by Crippen LogP contribution is 2.62. The van der Waals surface area contributed by atoms with Crippen LogP contribution in [0, 0.1) is 11.8 Å². The van der Waals surface area contributed by atoms with Crippen LogP contribution in [0.5, 0.6) is 17.4 Å². The Morgan fingerprint density at radius 3 is 2.21 bits per heavy atom. The van der Waals surface area contributed by atoms with E-state index < -0.39 is 72.2 Å². The first-order valence-corrected chi connectivity index (χ1v) is 22.2. The van der Waals surface area contributed by atoms with E-state index in [1.807, 2.05) is 66.7 Å². The lowest BCUT2D eigenvalue weighted by Crippen LogP contribution is -2.65. The maximum atomic E-state index is 15.5. The van der Waals surface area contributed by atoms with Crippen LogP contribution in [0.4, 0.5) is 13.2 Å². The van der Waals surface area contributed by atoms with Crippen molar-refractivity contribution in [2.24, 2.45) is 11.8 Å². The van der Waals surface area contributed by atoms with Crippen molar-refractivity contribution in [3.8, 4) is 17.4 Å². The van der Waals surface area contributed by atoms with E-state index in [0.29, 0.717) is 30.6 Å². The fourth-order valence-corrected chi connectivity index (χ4v) is 9.58. The second-order valence-corrected chi connectivity index (χ2v) is 21.4. The Labute approximate surface area is 326 Å². The van der Waals surface area contributed by atoms with Crippen molar-refractivity contribution in [2.45, 2.75) is 109 Å². The van der Waals surface area contributed by atoms with Crippen LogP contribution in [-0.4, -0.2) is 79.3 Å². The van der Waals surface area contributed by atoms with Gasteiger partial charge in [0.2, 0.25) is 5.78 Å². The topological polar surface area (TPSA) is 133 Å². The zero-order valence-corrected chi connectivity index (χ0v) is 34.5. The Kier molecular flexibility index (Phi) is 11.3. The molecule has 1 aromatic carbocycles. The molecule has 2 heterocycles. The smallest absolute Gasteiger partial charge is 0.508 e. The second kappa shape index (κ2) is 15.3. The van der Waals surface area contributed by atoms with Crippen molar-refractivity contribution in [1.82, 2.24) is 15.0 Å². The van der Waals surface area contributed by atoms with Gasteiger partial charge in [0.25, 0.3) is 5.88 Å². The number of nitrogens with zero attached hydrogens (tertiary/aromatic N) is 3. The summed E-state index contributed by atoms with van der Waals surface area (Å²) < 4.78 is 69.2. The van der Waals surface area contributed by atoms with Gasteiger partial charge in [-0.15, -0.1) is 13.2 Å². The summed E-state index contributed by atoms with van der Waals surface area (Å²) in [4.78, 5) is 37.0. The number of fused-ring (bicyclic) bond motifs is 4. The number of pyridine rings is 1. The molecule has 56 heavy (non-hydrogen) atoms. The van der Waals surface area contributed by atoms with Gasteiger partial charge in [-0.3, -0.25) is 19.5 Å². The van der Waals surface area contributed by atoms with E-state index in [2.05, 4.69) is 14.9 Å². The first-order valence-electron chi connectivity index (χ1n) is 19.3. The summed E-state index contributed by atoms with van der Waals surface area (Å²) in [5.74, 6) is -3.89. The highest BCUT2D eigenvalue weighted by molar-refractivity contribution is 6.74. The molecule has 0 unspecified atom stereocenters. The lowest BCUT2D eigenvalue weighted by molar-refractivity contribution is -0.274. The number of rotatable bonds is 13. The number of unbranched alkanes of at least 4 members (excludes halogenated alkanes) is 2. The molecule has 0 bridgehead atoms. The number of ether oxygens (including phenoxy) is 3. The molecule has 304 valence electrons. The quantitative estimate of drug-likeness (QED) is 0.131. The molecule has 0 fully saturated rings. The number of aromatic nitrogens is 2. The predicted octanol–water partition coefficient (Wildman–Crippen LogP) is 9.36. The number of allylic oxidation sites excluding steroid dienone is 1. The van der Waals surface area contributed by atoms with E-state index in [4.69, 9.17) is 18.4 Å². The Hall–Kier alpha value is -4.21. The number of halogens is 3.